The molecule has 2 N–H and O–H groups in total. The Balaban J connectivity index is 1.37. The molecule has 1 aliphatic rings. The largest absolute Gasteiger partial charge is 0.352 e. The Hall–Kier alpha value is -3.19. The zero-order valence-corrected chi connectivity index (χ0v) is 17.1. The summed E-state index contributed by atoms with van der Waals surface area (Å²) in [5, 5.41) is 10.6. The summed E-state index contributed by atoms with van der Waals surface area (Å²) in [7, 11) is 0. The normalized spacial score (nSPS) is 16.3. The van der Waals surface area contributed by atoms with Gasteiger partial charge in [-0.2, -0.15) is 5.10 Å². The van der Waals surface area contributed by atoms with Gasteiger partial charge in [0.05, 0.1) is 11.6 Å². The van der Waals surface area contributed by atoms with Gasteiger partial charge < -0.3 is 10.2 Å². The Morgan fingerprint density at radius 3 is 2.80 bits per heavy atom. The van der Waals surface area contributed by atoms with E-state index in [1.165, 1.54) is 0 Å². The van der Waals surface area contributed by atoms with Crippen molar-refractivity contribution in [2.75, 3.05) is 13.1 Å². The number of nitrogens with one attached hydrogen (secondary N) is 2. The molecule has 8 heteroatoms. The summed E-state index contributed by atoms with van der Waals surface area (Å²) < 4.78 is 0. The summed E-state index contributed by atoms with van der Waals surface area (Å²) in [6.07, 6.45) is 4.90. The van der Waals surface area contributed by atoms with Gasteiger partial charge in [-0.1, -0.05) is 29.8 Å². The smallest absolute Gasteiger partial charge is 0.271 e. The number of aromatic nitrogens is 3. The summed E-state index contributed by atoms with van der Waals surface area (Å²) in [5.41, 5.74) is 2.86. The zero-order valence-electron chi connectivity index (χ0n) is 16.3. The van der Waals surface area contributed by atoms with Crippen LogP contribution in [-0.4, -0.2) is 45.0 Å². The number of carbonyl (C=O) groups excluding carboxylic acids is 2. The van der Waals surface area contributed by atoms with E-state index in [1.54, 1.807) is 29.4 Å². The molecule has 3 aromatic rings. The van der Waals surface area contributed by atoms with Gasteiger partial charge in [0.2, 0.25) is 5.91 Å². The van der Waals surface area contributed by atoms with Crippen molar-refractivity contribution in [3.05, 3.63) is 71.1 Å². The van der Waals surface area contributed by atoms with Gasteiger partial charge in [0.25, 0.3) is 5.91 Å². The maximum atomic E-state index is 12.9. The van der Waals surface area contributed by atoms with Crippen LogP contribution in [0.5, 0.6) is 0 Å². The Kier molecular flexibility index (Phi) is 6.09. The molecule has 0 aliphatic carbocycles. The summed E-state index contributed by atoms with van der Waals surface area (Å²) in [4.78, 5) is 31.3. The fraction of sp³-hybridized carbons (Fsp3) is 0.273. The van der Waals surface area contributed by atoms with Crippen LogP contribution < -0.4 is 5.32 Å². The van der Waals surface area contributed by atoms with Crippen LogP contribution in [0, 0.1) is 5.92 Å². The predicted octanol–water partition coefficient (Wildman–Crippen LogP) is 3.29. The van der Waals surface area contributed by atoms with E-state index in [4.69, 9.17) is 11.6 Å². The van der Waals surface area contributed by atoms with E-state index in [2.05, 4.69) is 20.5 Å². The minimum Gasteiger partial charge on any atom is -0.352 e. The second-order valence-corrected chi connectivity index (χ2v) is 7.71. The number of nitrogens with zero attached hydrogens (tertiary/aromatic N) is 3. The first-order chi connectivity index (χ1) is 14.6. The summed E-state index contributed by atoms with van der Waals surface area (Å²) in [6.45, 7) is 1.38. The first kappa shape index (κ1) is 20.1. The van der Waals surface area contributed by atoms with Crippen molar-refractivity contribution in [1.82, 2.24) is 25.4 Å². The third-order valence-electron chi connectivity index (χ3n) is 5.27. The minimum absolute atomic E-state index is 0.0606. The molecule has 0 radical (unpaired) electrons. The molecule has 154 valence electrons. The number of likely N-dealkylation sites (tertiary alicyclic amines) is 1. The van der Waals surface area contributed by atoms with Gasteiger partial charge in [-0.15, -0.1) is 0 Å². The SMILES string of the molecule is O=C(NCc1ccccc1Cl)[C@@H]1CCCN(C(=O)c2cc(-c3ccncc3)n[nH]2)C1. The van der Waals surface area contributed by atoms with Crippen LogP contribution in [0.2, 0.25) is 5.02 Å². The Morgan fingerprint density at radius 2 is 2.00 bits per heavy atom. The number of pyridine rings is 1. The third-order valence-corrected chi connectivity index (χ3v) is 5.64. The van der Waals surface area contributed by atoms with Gasteiger partial charge in [-0.05, 0) is 42.7 Å². The second-order valence-electron chi connectivity index (χ2n) is 7.30. The predicted molar refractivity (Wildman–Crippen MR) is 114 cm³/mol. The van der Waals surface area contributed by atoms with Gasteiger partial charge >= 0.3 is 0 Å². The minimum atomic E-state index is -0.243. The number of hydrogen-bond acceptors (Lipinski definition) is 4. The molecule has 0 saturated carbocycles. The summed E-state index contributed by atoms with van der Waals surface area (Å²) in [6, 6.07) is 12.8. The number of amides is 2. The van der Waals surface area contributed by atoms with Crippen molar-refractivity contribution < 1.29 is 9.59 Å². The van der Waals surface area contributed by atoms with Crippen LogP contribution in [0.1, 0.15) is 28.9 Å². The van der Waals surface area contributed by atoms with Gasteiger partial charge in [-0.25, -0.2) is 0 Å². The number of benzene rings is 1. The molecule has 1 atom stereocenters. The van der Waals surface area contributed by atoms with Gasteiger partial charge in [0.15, 0.2) is 0 Å². The quantitative estimate of drug-likeness (QED) is 0.658. The molecule has 0 unspecified atom stereocenters. The molecular weight excluding hydrogens is 402 g/mol. The molecule has 1 aromatic carbocycles. The molecular formula is C22H22ClN5O2. The van der Waals surface area contributed by atoms with Crippen molar-refractivity contribution in [1.29, 1.82) is 0 Å². The lowest BCUT2D eigenvalue weighted by Crippen LogP contribution is -2.45. The Morgan fingerprint density at radius 1 is 1.20 bits per heavy atom. The number of carbonyl (C=O) groups is 2. The molecule has 1 saturated heterocycles. The molecule has 2 aromatic heterocycles. The lowest BCUT2D eigenvalue weighted by Gasteiger charge is -2.31. The van der Waals surface area contributed by atoms with Crippen molar-refractivity contribution >= 4 is 23.4 Å². The topological polar surface area (TPSA) is 91.0 Å². The number of piperidine rings is 1. The monoisotopic (exact) mass is 423 g/mol. The van der Waals surface area contributed by atoms with Crippen molar-refractivity contribution in [2.45, 2.75) is 19.4 Å². The van der Waals surface area contributed by atoms with Crippen molar-refractivity contribution in [2.24, 2.45) is 5.92 Å². The first-order valence-electron chi connectivity index (χ1n) is 9.88. The fourth-order valence-electron chi connectivity index (χ4n) is 3.62. The maximum absolute atomic E-state index is 12.9. The first-order valence-corrected chi connectivity index (χ1v) is 10.3. The average Bonchev–Trinajstić information content (AvgIpc) is 3.29. The highest BCUT2D eigenvalue weighted by molar-refractivity contribution is 6.31. The molecule has 2 amide bonds. The highest BCUT2D eigenvalue weighted by Gasteiger charge is 2.29. The Bertz CT molecular complexity index is 1040. The van der Waals surface area contributed by atoms with E-state index in [0.29, 0.717) is 36.0 Å². The van der Waals surface area contributed by atoms with E-state index in [1.807, 2.05) is 30.3 Å². The summed E-state index contributed by atoms with van der Waals surface area (Å²) in [5.74, 6) is -0.450. The third kappa shape index (κ3) is 4.52. The molecule has 1 aliphatic heterocycles. The second kappa shape index (κ2) is 9.09. The van der Waals surface area contributed by atoms with Gasteiger partial charge in [0.1, 0.15) is 5.69 Å². The standard InChI is InChI=1S/C22H22ClN5O2/c23-18-6-2-1-4-16(18)13-25-21(29)17-5-3-11-28(14-17)22(30)20-12-19(26-27-20)15-7-9-24-10-8-15/h1-2,4,6-10,12,17H,3,5,11,13-14H2,(H,25,29)(H,26,27)/t17-/m1/s1. The van der Waals surface area contributed by atoms with Crippen LogP contribution in [0.15, 0.2) is 54.9 Å². The summed E-state index contributed by atoms with van der Waals surface area (Å²) >= 11 is 6.16. The number of halogens is 1. The molecule has 30 heavy (non-hydrogen) atoms. The van der Waals surface area contributed by atoms with Crippen LogP contribution in [0.25, 0.3) is 11.3 Å². The van der Waals surface area contributed by atoms with E-state index >= 15 is 0 Å². The van der Waals surface area contributed by atoms with E-state index in [0.717, 1.165) is 24.0 Å². The van der Waals surface area contributed by atoms with Crippen LogP contribution >= 0.6 is 11.6 Å². The highest BCUT2D eigenvalue weighted by Crippen LogP contribution is 2.22. The number of H-pyrrole nitrogens is 1. The van der Waals surface area contributed by atoms with Gasteiger partial charge in [-0.3, -0.25) is 19.7 Å². The highest BCUT2D eigenvalue weighted by atomic mass is 35.5. The molecule has 0 bridgehead atoms. The molecule has 3 heterocycles. The zero-order chi connectivity index (χ0) is 20.9. The van der Waals surface area contributed by atoms with Crippen molar-refractivity contribution in [3.63, 3.8) is 0 Å². The lowest BCUT2D eigenvalue weighted by atomic mass is 9.96. The van der Waals surface area contributed by atoms with E-state index in [9.17, 15) is 9.59 Å². The molecule has 4 rings (SSSR count). The van der Waals surface area contributed by atoms with Crippen LogP contribution in [0.4, 0.5) is 0 Å². The molecule has 0 spiro atoms. The van der Waals surface area contributed by atoms with E-state index < -0.39 is 0 Å². The van der Waals surface area contributed by atoms with E-state index in [-0.39, 0.29) is 17.7 Å². The van der Waals surface area contributed by atoms with Crippen LogP contribution in [0.3, 0.4) is 0 Å². The number of aromatic amines is 1. The fourth-order valence-corrected chi connectivity index (χ4v) is 3.82. The van der Waals surface area contributed by atoms with Crippen LogP contribution in [-0.2, 0) is 11.3 Å². The number of rotatable bonds is 5. The average molecular weight is 424 g/mol. The maximum Gasteiger partial charge on any atom is 0.271 e. The van der Waals surface area contributed by atoms with Gasteiger partial charge in [0, 0.05) is 42.6 Å². The Labute approximate surface area is 179 Å². The number of hydrogen-bond donors (Lipinski definition) is 2. The van der Waals surface area contributed by atoms with Crippen molar-refractivity contribution in [3.8, 4) is 11.3 Å². The molecule has 1 fully saturated rings. The lowest BCUT2D eigenvalue weighted by molar-refractivity contribution is -0.126. The molecule has 7 nitrogen and oxygen atoms in total.